The largest absolute Gasteiger partial charge is 0.507 e. The molecule has 3 rings (SSSR count). The van der Waals surface area contributed by atoms with E-state index in [2.05, 4.69) is 40.3 Å². The number of thioether (sulfide) groups is 1. The lowest BCUT2D eigenvalue weighted by Crippen LogP contribution is -2.23. The number of hydrogen-bond donors (Lipinski definition) is 1. The monoisotopic (exact) mass is 472 g/mol. The molecular weight excluding hydrogens is 432 g/mol. The average Bonchev–Trinajstić information content (AvgIpc) is 3.58. The van der Waals surface area contributed by atoms with Crippen molar-refractivity contribution in [2.75, 3.05) is 12.4 Å². The molecule has 2 aliphatic rings. The molecule has 1 aliphatic carbocycles. The van der Waals surface area contributed by atoms with Crippen LogP contribution in [0.4, 0.5) is 4.79 Å². The Hall–Kier alpha value is -1.72. The number of carbonyl (C=O) groups is 1. The third-order valence-corrected chi connectivity index (χ3v) is 8.13. The topological polar surface area (TPSA) is 59.1 Å². The number of phenols is 1. The van der Waals surface area contributed by atoms with Crippen LogP contribution in [0.2, 0.25) is 0 Å². The van der Waals surface area contributed by atoms with E-state index in [1.807, 2.05) is 19.1 Å². The smallest absolute Gasteiger partial charge is 0.372 e. The van der Waals surface area contributed by atoms with Gasteiger partial charge in [0, 0.05) is 22.6 Å². The van der Waals surface area contributed by atoms with Crippen molar-refractivity contribution in [3.63, 3.8) is 0 Å². The summed E-state index contributed by atoms with van der Waals surface area (Å²) >= 11 is 1.19. The predicted molar refractivity (Wildman–Crippen MR) is 137 cm³/mol. The second-order valence-electron chi connectivity index (χ2n) is 10.5. The molecule has 5 heteroatoms. The highest BCUT2D eigenvalue weighted by Crippen LogP contribution is 2.47. The number of allylic oxidation sites excluding steroid dienone is 3. The van der Waals surface area contributed by atoms with Crippen molar-refractivity contribution < 1.29 is 19.4 Å². The van der Waals surface area contributed by atoms with Crippen molar-refractivity contribution in [2.24, 2.45) is 11.3 Å². The number of hydrogen-bond acceptors (Lipinski definition) is 5. The number of benzene rings is 1. The Morgan fingerprint density at radius 3 is 2.70 bits per heavy atom. The zero-order valence-electron chi connectivity index (χ0n) is 20.9. The second-order valence-corrected chi connectivity index (χ2v) is 11.4. The van der Waals surface area contributed by atoms with Gasteiger partial charge >= 0.3 is 5.30 Å². The molecule has 3 atom stereocenters. The van der Waals surface area contributed by atoms with E-state index in [4.69, 9.17) is 9.47 Å². The van der Waals surface area contributed by atoms with E-state index >= 15 is 0 Å². The minimum Gasteiger partial charge on any atom is -0.507 e. The molecule has 1 aromatic carbocycles. The maximum Gasteiger partial charge on any atom is 0.372 e. The zero-order chi connectivity index (χ0) is 24.2. The number of carbonyl (C=O) groups excluding carboxylic acids is 1. The van der Waals surface area contributed by atoms with Crippen LogP contribution in [0.3, 0.4) is 0 Å². The van der Waals surface area contributed by atoms with Crippen molar-refractivity contribution in [2.45, 2.75) is 85.2 Å². The first-order valence-corrected chi connectivity index (χ1v) is 13.3. The highest BCUT2D eigenvalue weighted by atomic mass is 32.2. The number of phenolic OH excluding ortho intramolecular Hbond substituents is 1. The van der Waals surface area contributed by atoms with Crippen molar-refractivity contribution in [3.05, 3.63) is 47.1 Å². The minimum absolute atomic E-state index is 0.0509. The number of ether oxygens (including phenoxy) is 2. The van der Waals surface area contributed by atoms with Gasteiger partial charge in [-0.1, -0.05) is 57.4 Å². The third kappa shape index (κ3) is 6.89. The average molecular weight is 473 g/mol. The van der Waals surface area contributed by atoms with E-state index in [0.717, 1.165) is 56.3 Å². The van der Waals surface area contributed by atoms with Crippen LogP contribution in [0, 0.1) is 11.3 Å². The maximum atomic E-state index is 12.9. The summed E-state index contributed by atoms with van der Waals surface area (Å²) in [5.74, 6) is 1.49. The molecule has 1 saturated heterocycles. The normalized spacial score (nSPS) is 22.6. The van der Waals surface area contributed by atoms with Gasteiger partial charge in [-0.3, -0.25) is 0 Å². The molecule has 1 N–H and O–H groups in total. The SMILES string of the molecule is C=C(C)[C@@H]1CCC(C)=C[C@H]1c1c(O)cc(CCCCC)cc1OC(=O)SCC(C)(C)C1CO1. The summed E-state index contributed by atoms with van der Waals surface area (Å²) in [7, 11) is 0. The Labute approximate surface area is 203 Å². The van der Waals surface area contributed by atoms with Gasteiger partial charge in [0.1, 0.15) is 11.5 Å². The first-order valence-electron chi connectivity index (χ1n) is 12.3. The van der Waals surface area contributed by atoms with Crippen LogP contribution in [0.15, 0.2) is 35.9 Å². The first kappa shape index (κ1) is 25.9. The highest BCUT2D eigenvalue weighted by molar-refractivity contribution is 8.13. The number of aryl methyl sites for hydroxylation is 1. The van der Waals surface area contributed by atoms with Gasteiger partial charge in [-0.2, -0.15) is 0 Å². The van der Waals surface area contributed by atoms with E-state index in [1.165, 1.54) is 17.3 Å². The predicted octanol–water partition coefficient (Wildman–Crippen LogP) is 7.80. The van der Waals surface area contributed by atoms with Gasteiger partial charge in [-0.05, 0) is 74.9 Å². The van der Waals surface area contributed by atoms with Gasteiger partial charge in [-0.15, -0.1) is 0 Å². The van der Waals surface area contributed by atoms with Gasteiger partial charge in [0.25, 0.3) is 0 Å². The van der Waals surface area contributed by atoms with E-state index in [-0.39, 0.29) is 34.4 Å². The van der Waals surface area contributed by atoms with Gasteiger partial charge in [0.05, 0.1) is 12.7 Å². The molecular formula is C28H40O4S. The lowest BCUT2D eigenvalue weighted by atomic mass is 9.73. The minimum atomic E-state index is -0.335. The number of epoxide rings is 1. The Morgan fingerprint density at radius 2 is 2.06 bits per heavy atom. The Morgan fingerprint density at radius 1 is 1.33 bits per heavy atom. The van der Waals surface area contributed by atoms with Gasteiger partial charge < -0.3 is 14.6 Å². The summed E-state index contributed by atoms with van der Waals surface area (Å²) in [6, 6.07) is 3.82. The molecule has 0 bridgehead atoms. The Balaban J connectivity index is 1.89. The van der Waals surface area contributed by atoms with Crippen LogP contribution in [-0.2, 0) is 11.2 Å². The van der Waals surface area contributed by atoms with Crippen molar-refractivity contribution in [1.82, 2.24) is 0 Å². The van der Waals surface area contributed by atoms with E-state index in [9.17, 15) is 9.90 Å². The molecule has 0 radical (unpaired) electrons. The van der Waals surface area contributed by atoms with Crippen LogP contribution in [0.25, 0.3) is 0 Å². The third-order valence-electron chi connectivity index (χ3n) is 6.92. The molecule has 1 aromatic rings. The van der Waals surface area contributed by atoms with Crippen LogP contribution in [0.1, 0.15) is 83.8 Å². The van der Waals surface area contributed by atoms with Crippen LogP contribution in [-0.4, -0.2) is 28.9 Å². The lowest BCUT2D eigenvalue weighted by molar-refractivity contribution is 0.225. The fourth-order valence-corrected chi connectivity index (χ4v) is 5.50. The fraction of sp³-hybridized carbons (Fsp3) is 0.607. The van der Waals surface area contributed by atoms with Crippen LogP contribution >= 0.6 is 11.8 Å². The summed E-state index contributed by atoms with van der Waals surface area (Å²) in [5.41, 5.74) is 4.02. The summed E-state index contributed by atoms with van der Waals surface area (Å²) in [6.45, 7) is 15.6. The quantitative estimate of drug-likeness (QED) is 0.163. The molecule has 1 heterocycles. The van der Waals surface area contributed by atoms with Gasteiger partial charge in [-0.25, -0.2) is 4.79 Å². The molecule has 1 fully saturated rings. The summed E-state index contributed by atoms with van der Waals surface area (Å²) in [6.07, 6.45) is 8.60. The number of rotatable bonds is 10. The summed E-state index contributed by atoms with van der Waals surface area (Å²) in [5, 5.41) is 10.8. The Bertz CT molecular complexity index is 897. The summed E-state index contributed by atoms with van der Waals surface area (Å²) < 4.78 is 11.4. The summed E-state index contributed by atoms with van der Waals surface area (Å²) in [4.78, 5) is 12.9. The number of unbranched alkanes of at least 4 members (excludes halogenated alkanes) is 2. The van der Waals surface area contributed by atoms with E-state index in [1.54, 1.807) is 0 Å². The molecule has 33 heavy (non-hydrogen) atoms. The Kier molecular flexibility index (Phi) is 8.74. The molecule has 1 aliphatic heterocycles. The van der Waals surface area contributed by atoms with Crippen LogP contribution in [0.5, 0.6) is 11.5 Å². The zero-order valence-corrected chi connectivity index (χ0v) is 21.7. The highest BCUT2D eigenvalue weighted by Gasteiger charge is 2.40. The molecule has 0 aromatic heterocycles. The molecule has 0 saturated carbocycles. The first-order chi connectivity index (χ1) is 15.6. The van der Waals surface area contributed by atoms with Crippen molar-refractivity contribution in [3.8, 4) is 11.5 Å². The standard InChI is InChI=1S/C28H40O4S/c1-7-8-9-10-20-14-23(29)26(22-13-19(4)11-12-21(22)18(2)3)24(15-20)32-27(30)33-17-28(5,6)25-16-31-25/h13-15,21-22,25,29H,2,7-12,16-17H2,1,3-6H3/t21-,22+,25?/m0/s1. The number of aromatic hydroxyl groups is 1. The lowest BCUT2D eigenvalue weighted by Gasteiger charge is -2.32. The molecule has 0 spiro atoms. The molecule has 1 unspecified atom stereocenters. The second kappa shape index (κ2) is 11.1. The van der Waals surface area contributed by atoms with Gasteiger partial charge in [0.2, 0.25) is 0 Å². The maximum absolute atomic E-state index is 12.9. The van der Waals surface area contributed by atoms with Gasteiger partial charge in [0.15, 0.2) is 0 Å². The molecule has 4 nitrogen and oxygen atoms in total. The van der Waals surface area contributed by atoms with E-state index in [0.29, 0.717) is 17.1 Å². The fourth-order valence-electron chi connectivity index (χ4n) is 4.67. The molecule has 0 amide bonds. The molecule has 182 valence electrons. The van der Waals surface area contributed by atoms with E-state index < -0.39 is 0 Å². The van der Waals surface area contributed by atoms with Crippen molar-refractivity contribution >= 4 is 17.1 Å². The van der Waals surface area contributed by atoms with Crippen molar-refractivity contribution in [1.29, 1.82) is 0 Å². The van der Waals surface area contributed by atoms with Crippen LogP contribution < -0.4 is 4.74 Å².